The highest BCUT2D eigenvalue weighted by Crippen LogP contribution is 2.21. The number of carbonyl (C=O) groups is 2. The van der Waals surface area contributed by atoms with E-state index in [1.807, 2.05) is 0 Å². The van der Waals surface area contributed by atoms with Crippen LogP contribution in [0.5, 0.6) is 0 Å². The number of unbranched alkanes of at least 4 members (excludes halogenated alkanes) is 2. The molecule has 0 aromatic rings. The van der Waals surface area contributed by atoms with E-state index >= 15 is 0 Å². The van der Waals surface area contributed by atoms with Crippen molar-refractivity contribution in [1.29, 1.82) is 0 Å². The van der Waals surface area contributed by atoms with E-state index in [1.165, 1.54) is 0 Å². The van der Waals surface area contributed by atoms with Gasteiger partial charge in [-0.3, -0.25) is 15.8 Å². The number of rotatable bonds is 16. The lowest BCUT2D eigenvalue weighted by molar-refractivity contribution is -0.151. The maximum atomic E-state index is 12.4. The molecule has 0 heterocycles. The van der Waals surface area contributed by atoms with Crippen LogP contribution in [0.25, 0.3) is 0 Å². The first-order valence-corrected chi connectivity index (χ1v) is 11.7. The molecule has 0 aromatic carbocycles. The number of hydrogen-bond acceptors (Lipinski definition) is 5. The molecule has 3 unspecified atom stereocenters. The van der Waals surface area contributed by atoms with Gasteiger partial charge in [-0.25, -0.2) is 0 Å². The van der Waals surface area contributed by atoms with Gasteiger partial charge in [0.25, 0.3) is 0 Å². The lowest BCUT2D eigenvalue weighted by atomic mass is 9.91. The molecule has 0 radical (unpaired) electrons. The van der Waals surface area contributed by atoms with Gasteiger partial charge in [0, 0.05) is 0 Å². The topological polar surface area (TPSA) is 52.6 Å². The van der Waals surface area contributed by atoms with Gasteiger partial charge in [-0.15, -0.1) is 0 Å². The molecular formula is C22H41O4S-. The normalized spacial score (nSPS) is 14.6. The molecule has 0 aliphatic rings. The molecule has 0 aliphatic carbocycles. The molecule has 27 heavy (non-hydrogen) atoms. The fourth-order valence-corrected chi connectivity index (χ4v) is 3.35. The first kappa shape index (κ1) is 26.3. The molecule has 5 heteroatoms. The maximum Gasteiger partial charge on any atom is 0.316 e. The molecule has 4 nitrogen and oxygen atoms in total. The van der Waals surface area contributed by atoms with Gasteiger partial charge in [0.2, 0.25) is 0 Å². The number of carbonyl (C=O) groups excluding carboxylic acids is 2. The molecule has 0 bridgehead atoms. The molecule has 0 rings (SSSR count). The lowest BCUT2D eigenvalue weighted by Gasteiger charge is -2.23. The highest BCUT2D eigenvalue weighted by atomic mass is 32.2. The predicted molar refractivity (Wildman–Crippen MR) is 114 cm³/mol. The number of ether oxygens (including phenoxy) is 2. The SMILES string of the molecule is [CH2-]SC(CC(=O)OCC(CC)CCCC)C(=O)OCC(CCCC)C(C)C. The summed E-state index contributed by atoms with van der Waals surface area (Å²) in [6.07, 6.45) is 11.5. The number of esters is 2. The van der Waals surface area contributed by atoms with E-state index in [-0.39, 0.29) is 18.4 Å². The van der Waals surface area contributed by atoms with Crippen LogP contribution in [0.2, 0.25) is 0 Å². The lowest BCUT2D eigenvalue weighted by Crippen LogP contribution is -2.27. The summed E-state index contributed by atoms with van der Waals surface area (Å²) >= 11 is 1.11. The second-order valence-corrected chi connectivity index (χ2v) is 8.64. The molecule has 0 fully saturated rings. The Morgan fingerprint density at radius 3 is 2.11 bits per heavy atom. The minimum absolute atomic E-state index is 0.0263. The van der Waals surface area contributed by atoms with Crippen LogP contribution in [0.15, 0.2) is 0 Å². The fraction of sp³-hybridized carbons (Fsp3) is 0.864. The van der Waals surface area contributed by atoms with E-state index < -0.39 is 5.25 Å². The van der Waals surface area contributed by atoms with E-state index in [2.05, 4.69) is 40.9 Å². The van der Waals surface area contributed by atoms with Crippen molar-refractivity contribution in [2.24, 2.45) is 17.8 Å². The maximum absolute atomic E-state index is 12.4. The summed E-state index contributed by atoms with van der Waals surface area (Å²) in [5, 5.41) is -0.591. The Bertz CT molecular complexity index is 398. The second kappa shape index (κ2) is 16.3. The Labute approximate surface area is 171 Å². The van der Waals surface area contributed by atoms with Crippen LogP contribution in [-0.2, 0) is 19.1 Å². The van der Waals surface area contributed by atoms with Crippen molar-refractivity contribution in [2.45, 2.75) is 91.2 Å². The molecule has 0 saturated carbocycles. The van der Waals surface area contributed by atoms with Crippen LogP contribution in [0, 0.1) is 24.0 Å². The van der Waals surface area contributed by atoms with E-state index in [0.717, 1.165) is 56.7 Å². The van der Waals surface area contributed by atoms with Crippen LogP contribution in [0.1, 0.15) is 86.0 Å². The smallest absolute Gasteiger partial charge is 0.316 e. The molecule has 0 amide bonds. The van der Waals surface area contributed by atoms with Gasteiger partial charge in [-0.1, -0.05) is 66.7 Å². The summed E-state index contributed by atoms with van der Waals surface area (Å²) in [4.78, 5) is 24.5. The minimum atomic E-state index is -0.591. The highest BCUT2D eigenvalue weighted by molar-refractivity contribution is 8.01. The number of thioether (sulfide) groups is 1. The Morgan fingerprint density at radius 2 is 1.59 bits per heavy atom. The van der Waals surface area contributed by atoms with Crippen LogP contribution < -0.4 is 0 Å². The average molecular weight is 402 g/mol. The van der Waals surface area contributed by atoms with Crippen LogP contribution in [-0.4, -0.2) is 30.4 Å². The van der Waals surface area contributed by atoms with Crippen molar-refractivity contribution in [3.05, 3.63) is 6.26 Å². The van der Waals surface area contributed by atoms with Crippen molar-refractivity contribution >= 4 is 23.7 Å². The quantitative estimate of drug-likeness (QED) is 0.233. The monoisotopic (exact) mass is 401 g/mol. The van der Waals surface area contributed by atoms with Gasteiger partial charge in [0.05, 0.1) is 24.9 Å². The zero-order valence-electron chi connectivity index (χ0n) is 18.1. The van der Waals surface area contributed by atoms with E-state index in [1.54, 1.807) is 0 Å². The predicted octanol–water partition coefficient (Wildman–Crippen LogP) is 6.04. The minimum Gasteiger partial charge on any atom is -0.465 e. The second-order valence-electron chi connectivity index (χ2n) is 7.74. The van der Waals surface area contributed by atoms with Gasteiger partial charge < -0.3 is 21.2 Å². The molecule has 0 spiro atoms. The molecule has 0 aliphatic heterocycles. The molecule has 160 valence electrons. The molecule has 0 aromatic heterocycles. The van der Waals surface area contributed by atoms with Gasteiger partial charge >= 0.3 is 11.9 Å². The first-order valence-electron chi connectivity index (χ1n) is 10.6. The largest absolute Gasteiger partial charge is 0.465 e. The summed E-state index contributed by atoms with van der Waals surface area (Å²) in [6.45, 7) is 11.6. The van der Waals surface area contributed by atoms with E-state index in [4.69, 9.17) is 9.47 Å². The van der Waals surface area contributed by atoms with Crippen molar-refractivity contribution in [1.82, 2.24) is 0 Å². The van der Waals surface area contributed by atoms with Gasteiger partial charge in [0.1, 0.15) is 0 Å². The van der Waals surface area contributed by atoms with Crippen molar-refractivity contribution in [3.63, 3.8) is 0 Å². The molecule has 3 atom stereocenters. The Kier molecular flexibility index (Phi) is 15.8. The highest BCUT2D eigenvalue weighted by Gasteiger charge is 2.23. The van der Waals surface area contributed by atoms with Crippen molar-refractivity contribution in [3.8, 4) is 0 Å². The summed E-state index contributed by atoms with van der Waals surface area (Å²) < 4.78 is 10.9. The Balaban J connectivity index is 4.39. The third kappa shape index (κ3) is 12.4. The summed E-state index contributed by atoms with van der Waals surface area (Å²) in [5.41, 5.74) is 0. The Hall–Kier alpha value is -0.710. The molecule has 0 N–H and O–H groups in total. The zero-order chi connectivity index (χ0) is 20.7. The van der Waals surface area contributed by atoms with Crippen molar-refractivity contribution < 1.29 is 19.1 Å². The van der Waals surface area contributed by atoms with Crippen LogP contribution in [0.4, 0.5) is 0 Å². The Morgan fingerprint density at radius 1 is 0.963 bits per heavy atom. The number of hydrogen-bond donors (Lipinski definition) is 0. The zero-order valence-corrected chi connectivity index (χ0v) is 18.9. The first-order chi connectivity index (χ1) is 12.9. The summed E-state index contributed by atoms with van der Waals surface area (Å²) in [6, 6.07) is 0. The van der Waals surface area contributed by atoms with E-state index in [0.29, 0.717) is 31.0 Å². The standard InChI is InChI=1S/C22H41O4S/c1-7-10-12-18(9-3)15-25-21(23)14-20(27-6)22(24)26-16-19(17(4)5)13-11-8-2/h17-20H,6-16H2,1-5H3/q-1. The molecular weight excluding hydrogens is 360 g/mol. The summed E-state index contributed by atoms with van der Waals surface area (Å²) in [7, 11) is 0. The van der Waals surface area contributed by atoms with E-state index in [9.17, 15) is 9.59 Å². The van der Waals surface area contributed by atoms with Crippen LogP contribution >= 0.6 is 11.8 Å². The van der Waals surface area contributed by atoms with Gasteiger partial charge in [-0.2, -0.15) is 0 Å². The van der Waals surface area contributed by atoms with Gasteiger partial charge in [-0.05, 0) is 30.6 Å². The summed E-state index contributed by atoms with van der Waals surface area (Å²) in [5.74, 6) is 0.535. The average Bonchev–Trinajstić information content (AvgIpc) is 2.65. The van der Waals surface area contributed by atoms with Crippen LogP contribution in [0.3, 0.4) is 0 Å². The fourth-order valence-electron chi connectivity index (χ4n) is 2.89. The third-order valence-corrected chi connectivity index (χ3v) is 5.91. The molecule has 0 saturated heterocycles. The van der Waals surface area contributed by atoms with Gasteiger partial charge in [0.15, 0.2) is 0 Å². The third-order valence-electron chi connectivity index (χ3n) is 5.15. The van der Waals surface area contributed by atoms with Crippen molar-refractivity contribution in [2.75, 3.05) is 13.2 Å².